The molecule has 14 heavy (non-hydrogen) atoms. The van der Waals surface area contributed by atoms with Gasteiger partial charge >= 0.3 is 0 Å². The van der Waals surface area contributed by atoms with Crippen LogP contribution < -0.4 is 0 Å². The Morgan fingerprint density at radius 2 is 2.21 bits per heavy atom. The van der Waals surface area contributed by atoms with Crippen molar-refractivity contribution in [3.05, 3.63) is 35.9 Å². The Bertz CT molecular complexity index is 260. The van der Waals surface area contributed by atoms with Gasteiger partial charge in [-0.05, 0) is 56.9 Å². The summed E-state index contributed by atoms with van der Waals surface area (Å²) < 4.78 is 0. The number of piperidine rings is 1. The number of likely N-dealkylation sites (tertiary alicyclic amines) is 1. The predicted octanol–water partition coefficient (Wildman–Crippen LogP) is 2.37. The monoisotopic (exact) mass is 188 g/mol. The van der Waals surface area contributed by atoms with Crippen LogP contribution in [0.5, 0.6) is 0 Å². The molecule has 1 saturated heterocycles. The van der Waals surface area contributed by atoms with Crippen molar-refractivity contribution in [2.24, 2.45) is 5.92 Å². The molecule has 0 spiro atoms. The number of nitrogens with zero attached hydrogens (tertiary/aromatic N) is 1. The second-order valence-electron chi connectivity index (χ2n) is 4.36. The molecule has 0 amide bonds. The maximum atomic E-state index is 3.15. The molecule has 1 heteroatoms. The summed E-state index contributed by atoms with van der Waals surface area (Å²) in [6.45, 7) is 2.53. The minimum Gasteiger partial charge on any atom is -0.306 e. The van der Waals surface area contributed by atoms with Crippen molar-refractivity contribution in [2.45, 2.75) is 19.3 Å². The molecule has 0 atom stereocenters. The van der Waals surface area contributed by atoms with E-state index in [4.69, 9.17) is 0 Å². The van der Waals surface area contributed by atoms with E-state index in [0.29, 0.717) is 0 Å². The Labute approximate surface area is 86.7 Å². The molecule has 1 fully saturated rings. The van der Waals surface area contributed by atoms with Crippen LogP contribution >= 0.6 is 0 Å². The molecule has 0 bridgehead atoms. The van der Waals surface area contributed by atoms with Gasteiger partial charge in [-0.1, -0.05) is 24.3 Å². The van der Waals surface area contributed by atoms with Crippen LogP contribution in [0.1, 0.15) is 18.4 Å². The third-order valence-electron chi connectivity index (χ3n) is 3.13. The van der Waals surface area contributed by atoms with Gasteiger partial charge in [-0.3, -0.25) is 0 Å². The Kier molecular flexibility index (Phi) is 3.20. The molecule has 0 unspecified atom stereocenters. The quantitative estimate of drug-likeness (QED) is 0.688. The van der Waals surface area contributed by atoms with E-state index in [1.807, 2.05) is 6.07 Å². The first-order chi connectivity index (χ1) is 6.84. The van der Waals surface area contributed by atoms with Gasteiger partial charge in [0, 0.05) is 0 Å². The summed E-state index contributed by atoms with van der Waals surface area (Å²) in [7, 11) is 2.21. The second-order valence-corrected chi connectivity index (χ2v) is 4.36. The van der Waals surface area contributed by atoms with Gasteiger partial charge in [0.2, 0.25) is 0 Å². The van der Waals surface area contributed by atoms with E-state index in [2.05, 4.69) is 36.2 Å². The van der Waals surface area contributed by atoms with Crippen molar-refractivity contribution in [3.63, 3.8) is 0 Å². The van der Waals surface area contributed by atoms with Gasteiger partial charge in [-0.25, -0.2) is 0 Å². The lowest BCUT2D eigenvalue weighted by Gasteiger charge is -2.28. The van der Waals surface area contributed by atoms with Gasteiger partial charge in [-0.15, -0.1) is 0 Å². The Morgan fingerprint density at radius 3 is 2.86 bits per heavy atom. The zero-order chi connectivity index (χ0) is 9.80. The van der Waals surface area contributed by atoms with Gasteiger partial charge in [0.25, 0.3) is 0 Å². The van der Waals surface area contributed by atoms with Crippen molar-refractivity contribution in [1.29, 1.82) is 0 Å². The zero-order valence-electron chi connectivity index (χ0n) is 8.87. The van der Waals surface area contributed by atoms with E-state index in [1.165, 1.54) is 37.9 Å². The van der Waals surface area contributed by atoms with E-state index < -0.39 is 0 Å². The highest BCUT2D eigenvalue weighted by atomic mass is 15.1. The first-order valence-corrected chi connectivity index (χ1v) is 5.48. The SMILES string of the molecule is CN1CCC(Cc2c[c]ccc2)CC1. The van der Waals surface area contributed by atoms with Crippen LogP contribution in [-0.4, -0.2) is 25.0 Å². The molecule has 1 heterocycles. The largest absolute Gasteiger partial charge is 0.306 e. The summed E-state index contributed by atoms with van der Waals surface area (Å²) in [4.78, 5) is 2.42. The van der Waals surface area contributed by atoms with E-state index in [-0.39, 0.29) is 0 Å². The van der Waals surface area contributed by atoms with Gasteiger partial charge < -0.3 is 4.90 Å². The van der Waals surface area contributed by atoms with Gasteiger partial charge in [-0.2, -0.15) is 0 Å². The lowest BCUT2D eigenvalue weighted by Crippen LogP contribution is -2.30. The first kappa shape index (κ1) is 9.72. The second kappa shape index (κ2) is 4.61. The molecule has 75 valence electrons. The molecule has 1 nitrogen and oxygen atoms in total. The highest BCUT2D eigenvalue weighted by Gasteiger charge is 2.16. The van der Waals surface area contributed by atoms with Gasteiger partial charge in [0.15, 0.2) is 0 Å². The molecule has 0 N–H and O–H groups in total. The minimum absolute atomic E-state index is 0.891. The van der Waals surface area contributed by atoms with Crippen LogP contribution in [0.2, 0.25) is 0 Å². The molecule has 1 aliphatic heterocycles. The fourth-order valence-corrected chi connectivity index (χ4v) is 2.16. The number of hydrogen-bond donors (Lipinski definition) is 0. The fourth-order valence-electron chi connectivity index (χ4n) is 2.16. The maximum absolute atomic E-state index is 3.15. The first-order valence-electron chi connectivity index (χ1n) is 5.48. The molecule has 1 radical (unpaired) electrons. The van der Waals surface area contributed by atoms with Crippen LogP contribution in [0.4, 0.5) is 0 Å². The van der Waals surface area contributed by atoms with Crippen molar-refractivity contribution < 1.29 is 0 Å². The zero-order valence-corrected chi connectivity index (χ0v) is 8.87. The smallest absolute Gasteiger partial charge is 0.00190 e. The third kappa shape index (κ3) is 2.58. The van der Waals surface area contributed by atoms with Crippen molar-refractivity contribution in [1.82, 2.24) is 4.90 Å². The van der Waals surface area contributed by atoms with E-state index in [1.54, 1.807) is 0 Å². The van der Waals surface area contributed by atoms with Gasteiger partial charge in [0.05, 0.1) is 0 Å². The molecular formula is C13H18N. The highest BCUT2D eigenvalue weighted by Crippen LogP contribution is 2.20. The minimum atomic E-state index is 0.891. The summed E-state index contributed by atoms with van der Waals surface area (Å²) in [5.41, 5.74) is 1.45. The van der Waals surface area contributed by atoms with E-state index in [9.17, 15) is 0 Å². The topological polar surface area (TPSA) is 3.24 Å². The van der Waals surface area contributed by atoms with E-state index in [0.717, 1.165) is 5.92 Å². The molecular weight excluding hydrogens is 170 g/mol. The summed E-state index contributed by atoms with van der Waals surface area (Å²) in [5.74, 6) is 0.891. The summed E-state index contributed by atoms with van der Waals surface area (Å²) in [5, 5.41) is 0. The number of hydrogen-bond acceptors (Lipinski definition) is 1. The molecule has 1 aromatic rings. The van der Waals surface area contributed by atoms with Crippen LogP contribution in [-0.2, 0) is 6.42 Å². The fraction of sp³-hybridized carbons (Fsp3) is 0.538. The average Bonchev–Trinajstić information content (AvgIpc) is 2.23. The lowest BCUT2D eigenvalue weighted by molar-refractivity contribution is 0.219. The van der Waals surface area contributed by atoms with Crippen LogP contribution in [0.15, 0.2) is 24.3 Å². The summed E-state index contributed by atoms with van der Waals surface area (Å²) in [6, 6.07) is 11.5. The van der Waals surface area contributed by atoms with Crippen LogP contribution in [0.3, 0.4) is 0 Å². The highest BCUT2D eigenvalue weighted by molar-refractivity contribution is 5.14. The average molecular weight is 188 g/mol. The molecule has 0 aliphatic carbocycles. The Morgan fingerprint density at radius 1 is 1.43 bits per heavy atom. The number of rotatable bonds is 2. The molecule has 0 aromatic heterocycles. The Balaban J connectivity index is 1.87. The standard InChI is InChI=1S/C13H18N/c1-14-9-7-13(8-10-14)11-12-5-3-2-4-6-12/h2-3,5-6,13H,7-11H2,1H3. The normalized spacial score (nSPS) is 19.8. The summed E-state index contributed by atoms with van der Waals surface area (Å²) >= 11 is 0. The third-order valence-corrected chi connectivity index (χ3v) is 3.13. The molecule has 1 aromatic carbocycles. The van der Waals surface area contributed by atoms with Gasteiger partial charge in [0.1, 0.15) is 0 Å². The van der Waals surface area contributed by atoms with E-state index >= 15 is 0 Å². The van der Waals surface area contributed by atoms with Crippen molar-refractivity contribution in [3.8, 4) is 0 Å². The van der Waals surface area contributed by atoms with Crippen LogP contribution in [0, 0.1) is 12.0 Å². The number of benzene rings is 1. The predicted molar refractivity (Wildman–Crippen MR) is 59.2 cm³/mol. The molecule has 2 rings (SSSR count). The van der Waals surface area contributed by atoms with Crippen LogP contribution in [0.25, 0.3) is 0 Å². The Hall–Kier alpha value is -0.820. The molecule has 0 saturated carbocycles. The summed E-state index contributed by atoms with van der Waals surface area (Å²) in [6.07, 6.45) is 3.95. The van der Waals surface area contributed by atoms with Crippen molar-refractivity contribution in [2.75, 3.05) is 20.1 Å². The molecule has 1 aliphatic rings. The lowest BCUT2D eigenvalue weighted by atomic mass is 9.90. The maximum Gasteiger partial charge on any atom is -0.00190 e. The van der Waals surface area contributed by atoms with Crippen molar-refractivity contribution >= 4 is 0 Å².